The molecule has 24 heavy (non-hydrogen) atoms. The molecule has 0 unspecified atom stereocenters. The summed E-state index contributed by atoms with van der Waals surface area (Å²) in [6.07, 6.45) is 0.586. The van der Waals surface area contributed by atoms with Crippen LogP contribution in [0.4, 0.5) is 0 Å². The smallest absolute Gasteiger partial charge is 0.364 e. The summed E-state index contributed by atoms with van der Waals surface area (Å²) in [5, 5.41) is 0.533. The van der Waals surface area contributed by atoms with Gasteiger partial charge in [-0.3, -0.25) is 9.59 Å². The summed E-state index contributed by atoms with van der Waals surface area (Å²) < 4.78 is 5.37. The first-order valence-electron chi connectivity index (χ1n) is 7.55. The van der Waals surface area contributed by atoms with Gasteiger partial charge in [-0.1, -0.05) is 29.3 Å². The standard InChI is InChI=1S/C18H13NO5/c20-16-13-5-1-2-6-14(13)17(21)19(16)24-18(22)15-7-3-4-11-10-23-9-8-12(11)15/h1-7H,8-10H2. The van der Waals surface area contributed by atoms with Gasteiger partial charge in [0.25, 0.3) is 11.8 Å². The molecular weight excluding hydrogens is 310 g/mol. The predicted molar refractivity (Wildman–Crippen MR) is 82.2 cm³/mol. The van der Waals surface area contributed by atoms with E-state index >= 15 is 0 Å². The summed E-state index contributed by atoms with van der Waals surface area (Å²) in [5.41, 5.74) is 2.58. The van der Waals surface area contributed by atoms with Crippen LogP contribution in [0.5, 0.6) is 0 Å². The third-order valence-electron chi connectivity index (χ3n) is 4.18. The second kappa shape index (κ2) is 5.58. The van der Waals surface area contributed by atoms with Gasteiger partial charge < -0.3 is 9.57 Å². The summed E-state index contributed by atoms with van der Waals surface area (Å²) >= 11 is 0. The van der Waals surface area contributed by atoms with E-state index < -0.39 is 17.8 Å². The maximum Gasteiger partial charge on any atom is 0.364 e. The molecule has 2 aliphatic rings. The van der Waals surface area contributed by atoms with Crippen LogP contribution in [0, 0.1) is 0 Å². The highest BCUT2D eigenvalue weighted by molar-refractivity contribution is 6.21. The third-order valence-corrected chi connectivity index (χ3v) is 4.18. The van der Waals surface area contributed by atoms with E-state index in [1.165, 1.54) is 12.1 Å². The molecule has 4 rings (SSSR count). The molecule has 0 radical (unpaired) electrons. The van der Waals surface area contributed by atoms with Gasteiger partial charge in [0.15, 0.2) is 0 Å². The topological polar surface area (TPSA) is 72.9 Å². The number of nitrogens with zero attached hydrogens (tertiary/aromatic N) is 1. The normalized spacial score (nSPS) is 15.9. The van der Waals surface area contributed by atoms with Gasteiger partial charge in [-0.15, -0.1) is 0 Å². The number of hydrogen-bond donors (Lipinski definition) is 0. The molecule has 6 nitrogen and oxygen atoms in total. The average Bonchev–Trinajstić information content (AvgIpc) is 2.86. The fraction of sp³-hybridized carbons (Fsp3) is 0.167. The first-order valence-corrected chi connectivity index (χ1v) is 7.55. The number of hydroxylamine groups is 2. The van der Waals surface area contributed by atoms with Crippen LogP contribution in [0.1, 0.15) is 42.2 Å². The number of benzene rings is 2. The number of carbonyl (C=O) groups is 3. The molecule has 0 saturated carbocycles. The van der Waals surface area contributed by atoms with Crippen molar-refractivity contribution in [3.63, 3.8) is 0 Å². The first-order chi connectivity index (χ1) is 11.7. The van der Waals surface area contributed by atoms with E-state index in [0.29, 0.717) is 30.3 Å². The molecule has 120 valence electrons. The van der Waals surface area contributed by atoms with Crippen molar-refractivity contribution in [3.8, 4) is 0 Å². The van der Waals surface area contributed by atoms with E-state index in [4.69, 9.17) is 9.57 Å². The lowest BCUT2D eigenvalue weighted by atomic mass is 9.97. The van der Waals surface area contributed by atoms with Gasteiger partial charge in [-0.2, -0.15) is 0 Å². The summed E-state index contributed by atoms with van der Waals surface area (Å²) in [5.74, 6) is -1.97. The van der Waals surface area contributed by atoms with E-state index in [1.807, 2.05) is 6.07 Å². The van der Waals surface area contributed by atoms with E-state index in [0.717, 1.165) is 11.1 Å². The minimum absolute atomic E-state index is 0.235. The van der Waals surface area contributed by atoms with Crippen molar-refractivity contribution < 1.29 is 24.0 Å². The largest absolute Gasteiger partial charge is 0.376 e. The molecule has 0 saturated heterocycles. The Morgan fingerprint density at radius 2 is 1.71 bits per heavy atom. The Kier molecular flexibility index (Phi) is 3.39. The number of imide groups is 1. The SMILES string of the molecule is O=C(ON1C(=O)c2ccccc2C1=O)c1cccc2c1CCOC2. The van der Waals surface area contributed by atoms with Gasteiger partial charge >= 0.3 is 5.97 Å². The predicted octanol–water partition coefficient (Wildman–Crippen LogP) is 2.13. The second-order valence-corrected chi connectivity index (χ2v) is 5.57. The third kappa shape index (κ3) is 2.19. The number of ether oxygens (including phenoxy) is 1. The number of amides is 2. The van der Waals surface area contributed by atoms with Crippen molar-refractivity contribution in [2.24, 2.45) is 0 Å². The second-order valence-electron chi connectivity index (χ2n) is 5.57. The molecule has 2 aromatic rings. The molecule has 2 amide bonds. The van der Waals surface area contributed by atoms with E-state index in [2.05, 4.69) is 0 Å². The molecule has 2 aromatic carbocycles. The van der Waals surface area contributed by atoms with Crippen LogP contribution in [-0.2, 0) is 22.6 Å². The Bertz CT molecular complexity index is 838. The fourth-order valence-electron chi connectivity index (χ4n) is 2.99. The van der Waals surface area contributed by atoms with Crippen LogP contribution >= 0.6 is 0 Å². The molecule has 2 heterocycles. The minimum atomic E-state index is -0.719. The van der Waals surface area contributed by atoms with Crippen molar-refractivity contribution in [1.29, 1.82) is 0 Å². The van der Waals surface area contributed by atoms with Crippen LogP contribution in [-0.4, -0.2) is 29.5 Å². The molecular formula is C18H13NO5. The lowest BCUT2D eigenvalue weighted by Gasteiger charge is -2.20. The summed E-state index contributed by atoms with van der Waals surface area (Å²) in [6, 6.07) is 11.6. The quantitative estimate of drug-likeness (QED) is 0.792. The maximum absolute atomic E-state index is 12.5. The first kappa shape index (κ1) is 14.6. The Morgan fingerprint density at radius 3 is 2.42 bits per heavy atom. The van der Waals surface area contributed by atoms with Crippen LogP contribution in [0.2, 0.25) is 0 Å². The van der Waals surface area contributed by atoms with Gasteiger partial charge in [0, 0.05) is 0 Å². The number of carbonyl (C=O) groups excluding carboxylic acids is 3. The van der Waals surface area contributed by atoms with Gasteiger partial charge in [0.1, 0.15) is 0 Å². The fourth-order valence-corrected chi connectivity index (χ4v) is 2.99. The summed E-state index contributed by atoms with van der Waals surface area (Å²) in [4.78, 5) is 42.2. The molecule has 0 fully saturated rings. The molecule has 0 N–H and O–H groups in total. The van der Waals surface area contributed by atoms with Crippen molar-refractivity contribution in [1.82, 2.24) is 5.06 Å². The van der Waals surface area contributed by atoms with Crippen molar-refractivity contribution >= 4 is 17.8 Å². The lowest BCUT2D eigenvalue weighted by Crippen LogP contribution is -2.33. The average molecular weight is 323 g/mol. The van der Waals surface area contributed by atoms with Crippen LogP contribution in [0.3, 0.4) is 0 Å². The summed E-state index contributed by atoms with van der Waals surface area (Å²) in [6.45, 7) is 0.952. The highest BCUT2D eigenvalue weighted by Crippen LogP contribution is 2.25. The Morgan fingerprint density at radius 1 is 1.00 bits per heavy atom. The Labute approximate surface area is 137 Å². The number of hydrogen-bond acceptors (Lipinski definition) is 5. The molecule has 0 aliphatic carbocycles. The van der Waals surface area contributed by atoms with Crippen molar-refractivity contribution in [2.75, 3.05) is 6.61 Å². The molecule has 6 heteroatoms. The highest BCUT2D eigenvalue weighted by Gasteiger charge is 2.39. The lowest BCUT2D eigenvalue weighted by molar-refractivity contribution is -0.0586. The molecule has 0 atom stereocenters. The zero-order chi connectivity index (χ0) is 16.7. The Balaban J connectivity index is 1.62. The van der Waals surface area contributed by atoms with E-state index in [-0.39, 0.29) is 11.1 Å². The minimum Gasteiger partial charge on any atom is -0.376 e. The van der Waals surface area contributed by atoms with Gasteiger partial charge in [0.2, 0.25) is 0 Å². The molecule has 0 bridgehead atoms. The van der Waals surface area contributed by atoms with E-state index in [1.54, 1.807) is 24.3 Å². The van der Waals surface area contributed by atoms with Crippen LogP contribution < -0.4 is 0 Å². The van der Waals surface area contributed by atoms with Gasteiger partial charge in [0.05, 0.1) is 29.9 Å². The molecule has 0 spiro atoms. The molecule has 2 aliphatic heterocycles. The number of rotatable bonds is 2. The zero-order valence-electron chi connectivity index (χ0n) is 12.7. The monoisotopic (exact) mass is 323 g/mol. The summed E-state index contributed by atoms with van der Waals surface area (Å²) in [7, 11) is 0. The van der Waals surface area contributed by atoms with Crippen LogP contribution in [0.15, 0.2) is 42.5 Å². The van der Waals surface area contributed by atoms with Gasteiger partial charge in [-0.05, 0) is 35.7 Å². The van der Waals surface area contributed by atoms with Gasteiger partial charge in [-0.25, -0.2) is 4.79 Å². The highest BCUT2D eigenvalue weighted by atomic mass is 16.7. The van der Waals surface area contributed by atoms with Crippen molar-refractivity contribution in [2.45, 2.75) is 13.0 Å². The number of fused-ring (bicyclic) bond motifs is 2. The molecule has 0 aromatic heterocycles. The van der Waals surface area contributed by atoms with E-state index in [9.17, 15) is 14.4 Å². The maximum atomic E-state index is 12.5. The van der Waals surface area contributed by atoms with Crippen LogP contribution in [0.25, 0.3) is 0 Å². The Hall–Kier alpha value is -2.99. The van der Waals surface area contributed by atoms with Crippen molar-refractivity contribution in [3.05, 3.63) is 70.3 Å². The zero-order valence-corrected chi connectivity index (χ0v) is 12.7.